The van der Waals surface area contributed by atoms with Crippen molar-refractivity contribution in [3.8, 4) is 5.75 Å². The number of phenols is 1. The van der Waals surface area contributed by atoms with Crippen molar-refractivity contribution in [2.75, 3.05) is 13.2 Å². The molecule has 136 valence electrons. The van der Waals surface area contributed by atoms with Gasteiger partial charge in [0.2, 0.25) is 5.89 Å². The van der Waals surface area contributed by atoms with Gasteiger partial charge in [0.15, 0.2) is 5.82 Å². The highest BCUT2D eigenvalue weighted by Gasteiger charge is 2.22. The van der Waals surface area contributed by atoms with Crippen molar-refractivity contribution >= 4 is 0 Å². The fourth-order valence-corrected chi connectivity index (χ4v) is 3.14. The van der Waals surface area contributed by atoms with E-state index in [-0.39, 0.29) is 6.10 Å². The summed E-state index contributed by atoms with van der Waals surface area (Å²) in [4.78, 5) is 6.71. The van der Waals surface area contributed by atoms with Gasteiger partial charge in [-0.1, -0.05) is 37.2 Å². The van der Waals surface area contributed by atoms with Gasteiger partial charge in [-0.25, -0.2) is 0 Å². The van der Waals surface area contributed by atoms with Gasteiger partial charge in [0, 0.05) is 31.7 Å². The van der Waals surface area contributed by atoms with Crippen molar-refractivity contribution in [2.24, 2.45) is 5.92 Å². The van der Waals surface area contributed by atoms with Crippen molar-refractivity contribution < 1.29 is 14.4 Å². The lowest BCUT2D eigenvalue weighted by atomic mass is 10.1. The van der Waals surface area contributed by atoms with Gasteiger partial charge in [0.25, 0.3) is 0 Å². The van der Waals surface area contributed by atoms with Crippen LogP contribution in [0.1, 0.15) is 44.0 Å². The predicted molar refractivity (Wildman–Crippen MR) is 94.0 cm³/mol. The average Bonchev–Trinajstić information content (AvgIpc) is 3.21. The topological polar surface area (TPSA) is 71.6 Å². The predicted octanol–water partition coefficient (Wildman–Crippen LogP) is 3.15. The molecule has 0 bridgehead atoms. The summed E-state index contributed by atoms with van der Waals surface area (Å²) in [6.07, 6.45) is 3.21. The molecule has 1 aromatic heterocycles. The van der Waals surface area contributed by atoms with Gasteiger partial charge >= 0.3 is 0 Å². The van der Waals surface area contributed by atoms with Crippen LogP contribution in [0.4, 0.5) is 0 Å². The Balaban J connectivity index is 1.69. The lowest BCUT2D eigenvalue weighted by Gasteiger charge is -2.24. The molecule has 2 heterocycles. The Morgan fingerprint density at radius 3 is 2.84 bits per heavy atom. The van der Waals surface area contributed by atoms with E-state index in [2.05, 4.69) is 28.9 Å². The monoisotopic (exact) mass is 345 g/mol. The van der Waals surface area contributed by atoms with E-state index in [0.29, 0.717) is 30.6 Å². The van der Waals surface area contributed by atoms with E-state index in [1.54, 1.807) is 6.07 Å². The zero-order chi connectivity index (χ0) is 17.6. The second kappa shape index (κ2) is 8.45. The van der Waals surface area contributed by atoms with Crippen LogP contribution in [0.15, 0.2) is 28.8 Å². The Morgan fingerprint density at radius 2 is 2.12 bits per heavy atom. The number of aromatic nitrogens is 2. The zero-order valence-corrected chi connectivity index (χ0v) is 15.0. The molecule has 6 heteroatoms. The molecular weight excluding hydrogens is 318 g/mol. The maximum absolute atomic E-state index is 10.1. The smallest absolute Gasteiger partial charge is 0.240 e. The first-order chi connectivity index (χ1) is 12.1. The second-order valence-corrected chi connectivity index (χ2v) is 7.14. The fourth-order valence-electron chi connectivity index (χ4n) is 3.14. The summed E-state index contributed by atoms with van der Waals surface area (Å²) in [5.41, 5.74) is 0.891. The summed E-state index contributed by atoms with van der Waals surface area (Å²) in [5, 5.41) is 14.2. The molecule has 0 radical (unpaired) electrons. The minimum Gasteiger partial charge on any atom is -0.508 e. The highest BCUT2D eigenvalue weighted by molar-refractivity contribution is 5.31. The van der Waals surface area contributed by atoms with Crippen molar-refractivity contribution in [3.05, 3.63) is 41.5 Å². The molecule has 0 unspecified atom stereocenters. The van der Waals surface area contributed by atoms with Crippen LogP contribution >= 0.6 is 0 Å². The molecule has 1 N–H and O–H groups in total. The van der Waals surface area contributed by atoms with Crippen LogP contribution in [0.5, 0.6) is 5.75 Å². The van der Waals surface area contributed by atoms with Gasteiger partial charge < -0.3 is 14.4 Å². The van der Waals surface area contributed by atoms with Crippen LogP contribution < -0.4 is 0 Å². The number of nitrogens with zero attached hydrogens (tertiary/aromatic N) is 3. The lowest BCUT2D eigenvalue weighted by molar-refractivity contribution is 0.0637. The third-order valence-corrected chi connectivity index (χ3v) is 4.33. The molecule has 0 amide bonds. The Bertz CT molecular complexity index is 665. The van der Waals surface area contributed by atoms with Gasteiger partial charge in [-0.3, -0.25) is 4.90 Å². The van der Waals surface area contributed by atoms with Crippen molar-refractivity contribution in [1.29, 1.82) is 0 Å². The standard InChI is InChI=1S/C19H27N3O3/c1-14(2)10-18-20-19(25-21-18)13-22(12-16-7-5-9-24-16)11-15-6-3-4-8-17(15)23/h3-4,6,8,14,16,23H,5,7,9-13H2,1-2H3/t16-/m0/s1. The summed E-state index contributed by atoms with van der Waals surface area (Å²) >= 11 is 0. The van der Waals surface area contributed by atoms with Gasteiger partial charge in [-0.05, 0) is 24.8 Å². The maximum atomic E-state index is 10.1. The molecule has 1 fully saturated rings. The van der Waals surface area contributed by atoms with Crippen LogP contribution in [0, 0.1) is 5.92 Å². The van der Waals surface area contributed by atoms with Crippen molar-refractivity contribution in [3.63, 3.8) is 0 Å². The van der Waals surface area contributed by atoms with E-state index < -0.39 is 0 Å². The molecule has 2 aromatic rings. The maximum Gasteiger partial charge on any atom is 0.240 e. The molecular formula is C19H27N3O3. The molecule has 0 aliphatic carbocycles. The first kappa shape index (κ1) is 17.9. The van der Waals surface area contributed by atoms with Crippen molar-refractivity contribution in [2.45, 2.75) is 52.3 Å². The number of benzene rings is 1. The lowest BCUT2D eigenvalue weighted by Crippen LogP contribution is -2.31. The number of hydrogen-bond donors (Lipinski definition) is 1. The first-order valence-corrected chi connectivity index (χ1v) is 9.02. The van der Waals surface area contributed by atoms with E-state index >= 15 is 0 Å². The molecule has 3 rings (SSSR count). The SMILES string of the molecule is CC(C)Cc1noc(CN(Cc2ccccc2O)C[C@@H]2CCCO2)n1. The fraction of sp³-hybridized carbons (Fsp3) is 0.579. The van der Waals surface area contributed by atoms with Crippen LogP contribution in [-0.4, -0.2) is 39.4 Å². The second-order valence-electron chi connectivity index (χ2n) is 7.14. The Kier molecular flexibility index (Phi) is 6.04. The highest BCUT2D eigenvalue weighted by Crippen LogP contribution is 2.21. The molecule has 1 saturated heterocycles. The largest absolute Gasteiger partial charge is 0.508 e. The van der Waals surface area contributed by atoms with Crippen LogP contribution in [0.3, 0.4) is 0 Å². The van der Waals surface area contributed by atoms with Crippen LogP contribution in [0.25, 0.3) is 0 Å². The molecule has 25 heavy (non-hydrogen) atoms. The van der Waals surface area contributed by atoms with E-state index in [9.17, 15) is 5.11 Å². The van der Waals surface area contributed by atoms with Gasteiger partial charge in [0.1, 0.15) is 5.75 Å². The van der Waals surface area contributed by atoms with E-state index in [4.69, 9.17) is 9.26 Å². The third kappa shape index (κ3) is 5.28. The molecule has 1 aliphatic heterocycles. The number of aromatic hydroxyl groups is 1. The zero-order valence-electron chi connectivity index (χ0n) is 15.0. The van der Waals surface area contributed by atoms with Crippen LogP contribution in [-0.2, 0) is 24.2 Å². The number of para-hydroxylation sites is 1. The first-order valence-electron chi connectivity index (χ1n) is 9.02. The average molecular weight is 345 g/mol. The molecule has 0 saturated carbocycles. The number of hydrogen-bond acceptors (Lipinski definition) is 6. The van der Waals surface area contributed by atoms with Crippen molar-refractivity contribution in [1.82, 2.24) is 15.0 Å². The van der Waals surface area contributed by atoms with Gasteiger partial charge in [-0.15, -0.1) is 0 Å². The number of phenolic OH excluding ortho intramolecular Hbond substituents is 1. The summed E-state index contributed by atoms with van der Waals surface area (Å²) in [6, 6.07) is 7.43. The third-order valence-electron chi connectivity index (χ3n) is 4.33. The highest BCUT2D eigenvalue weighted by atomic mass is 16.5. The quantitative estimate of drug-likeness (QED) is 0.792. The normalized spacial score (nSPS) is 17.7. The molecule has 1 aliphatic rings. The van der Waals surface area contributed by atoms with E-state index in [1.807, 2.05) is 18.2 Å². The molecule has 1 aromatic carbocycles. The van der Waals surface area contributed by atoms with E-state index in [1.165, 1.54) is 0 Å². The molecule has 1 atom stereocenters. The summed E-state index contributed by atoms with van der Waals surface area (Å²) in [6.45, 7) is 7.06. The summed E-state index contributed by atoms with van der Waals surface area (Å²) < 4.78 is 11.2. The Labute approximate surface area is 148 Å². The molecule has 0 spiro atoms. The Morgan fingerprint density at radius 1 is 1.28 bits per heavy atom. The minimum absolute atomic E-state index is 0.226. The van der Waals surface area contributed by atoms with Crippen LogP contribution in [0.2, 0.25) is 0 Å². The van der Waals surface area contributed by atoms with E-state index in [0.717, 1.165) is 43.8 Å². The van der Waals surface area contributed by atoms with Gasteiger partial charge in [-0.2, -0.15) is 4.98 Å². The Hall–Kier alpha value is -1.92. The number of rotatable bonds is 8. The minimum atomic E-state index is 0.226. The van der Waals surface area contributed by atoms with Gasteiger partial charge in [0.05, 0.1) is 12.6 Å². The summed E-state index contributed by atoms with van der Waals surface area (Å²) in [7, 11) is 0. The summed E-state index contributed by atoms with van der Waals surface area (Å²) in [5.74, 6) is 2.18. The number of ether oxygens (including phenoxy) is 1. The molecule has 6 nitrogen and oxygen atoms in total.